The first-order valence-corrected chi connectivity index (χ1v) is 6.44. The molecule has 104 valence electrons. The molecule has 20 heavy (non-hydrogen) atoms. The number of aryl methyl sites for hydroxylation is 1. The molecule has 3 N–H and O–H groups in total. The number of hydrogen-bond donors (Lipinski definition) is 2. The number of nitrogens with two attached hydrogens (primary N) is 1. The van der Waals surface area contributed by atoms with Crippen LogP contribution < -0.4 is 11.1 Å². The molecule has 2 aromatic carbocycles. The molecule has 7 heteroatoms. The van der Waals surface area contributed by atoms with Crippen molar-refractivity contribution >= 4 is 38.7 Å². The first kappa shape index (κ1) is 14.3. The van der Waals surface area contributed by atoms with Crippen LogP contribution in [-0.4, -0.2) is 4.92 Å². The third-order valence-corrected chi connectivity index (χ3v) is 3.39. The fourth-order valence-electron chi connectivity index (χ4n) is 1.70. The summed E-state index contributed by atoms with van der Waals surface area (Å²) in [7, 11) is 0. The molecule has 0 spiro atoms. The summed E-state index contributed by atoms with van der Waals surface area (Å²) in [6, 6.07) is 7.12. The van der Waals surface area contributed by atoms with Gasteiger partial charge in [-0.15, -0.1) is 0 Å². The lowest BCUT2D eigenvalue weighted by Gasteiger charge is -2.12. The third kappa shape index (κ3) is 2.88. The van der Waals surface area contributed by atoms with Gasteiger partial charge in [-0.3, -0.25) is 10.1 Å². The minimum Gasteiger partial charge on any atom is -0.397 e. The van der Waals surface area contributed by atoms with E-state index >= 15 is 0 Å². The zero-order chi connectivity index (χ0) is 14.9. The zero-order valence-electron chi connectivity index (χ0n) is 10.5. The standard InChI is InChI=1S/C13H11BrFN3O2/c1-7-4-10(15)9(14)6-13(7)17-12-3-2-8(18(19)20)5-11(12)16/h2-6,17H,16H2,1H3. The summed E-state index contributed by atoms with van der Waals surface area (Å²) in [5.74, 6) is -0.357. The lowest BCUT2D eigenvalue weighted by atomic mass is 10.1. The van der Waals surface area contributed by atoms with E-state index in [1.54, 1.807) is 13.0 Å². The van der Waals surface area contributed by atoms with Crippen molar-refractivity contribution in [2.75, 3.05) is 11.1 Å². The number of nitrogens with one attached hydrogen (secondary N) is 1. The van der Waals surface area contributed by atoms with Crippen molar-refractivity contribution in [3.8, 4) is 0 Å². The van der Waals surface area contributed by atoms with Gasteiger partial charge in [0.2, 0.25) is 0 Å². The van der Waals surface area contributed by atoms with Crippen LogP contribution in [0.3, 0.4) is 0 Å². The van der Waals surface area contributed by atoms with Gasteiger partial charge in [0.15, 0.2) is 0 Å². The lowest BCUT2D eigenvalue weighted by Crippen LogP contribution is -2.00. The molecule has 5 nitrogen and oxygen atoms in total. The molecule has 0 atom stereocenters. The van der Waals surface area contributed by atoms with E-state index in [4.69, 9.17) is 5.73 Å². The molecular weight excluding hydrogens is 329 g/mol. The summed E-state index contributed by atoms with van der Waals surface area (Å²) in [5.41, 5.74) is 7.83. The number of nitrogens with zero attached hydrogens (tertiary/aromatic N) is 1. The molecule has 0 radical (unpaired) electrons. The molecule has 2 aromatic rings. The number of halogens is 2. The Morgan fingerprint density at radius 3 is 2.60 bits per heavy atom. The van der Waals surface area contributed by atoms with Crippen LogP contribution in [0.1, 0.15) is 5.56 Å². The normalized spacial score (nSPS) is 10.3. The summed E-state index contributed by atoms with van der Waals surface area (Å²) >= 11 is 3.11. The van der Waals surface area contributed by atoms with Crippen molar-refractivity contribution in [1.29, 1.82) is 0 Å². The van der Waals surface area contributed by atoms with Gasteiger partial charge in [-0.05, 0) is 46.6 Å². The predicted octanol–water partition coefficient (Wildman–Crippen LogP) is 4.13. The molecule has 0 aromatic heterocycles. The van der Waals surface area contributed by atoms with Gasteiger partial charge in [0.25, 0.3) is 5.69 Å². The number of anilines is 3. The summed E-state index contributed by atoms with van der Waals surface area (Å²) in [6.07, 6.45) is 0. The van der Waals surface area contributed by atoms with Gasteiger partial charge in [-0.25, -0.2) is 4.39 Å². The highest BCUT2D eigenvalue weighted by Crippen LogP contribution is 2.31. The van der Waals surface area contributed by atoms with E-state index in [1.165, 1.54) is 24.3 Å². The average molecular weight is 340 g/mol. The number of benzene rings is 2. The molecule has 0 heterocycles. The Kier molecular flexibility index (Phi) is 3.89. The van der Waals surface area contributed by atoms with E-state index in [2.05, 4.69) is 21.2 Å². The zero-order valence-corrected chi connectivity index (χ0v) is 12.1. The smallest absolute Gasteiger partial charge is 0.271 e. The minimum atomic E-state index is -0.514. The average Bonchev–Trinajstić information content (AvgIpc) is 2.37. The van der Waals surface area contributed by atoms with Crippen molar-refractivity contribution in [1.82, 2.24) is 0 Å². The van der Waals surface area contributed by atoms with Crippen molar-refractivity contribution in [3.05, 3.63) is 56.3 Å². The van der Waals surface area contributed by atoms with Crippen LogP contribution in [0.4, 0.5) is 27.1 Å². The minimum absolute atomic E-state index is 0.0786. The van der Waals surface area contributed by atoms with Crippen LogP contribution >= 0.6 is 15.9 Å². The van der Waals surface area contributed by atoms with Crippen LogP contribution in [-0.2, 0) is 0 Å². The van der Waals surface area contributed by atoms with E-state index in [0.717, 1.165) is 0 Å². The molecule has 0 amide bonds. The number of rotatable bonds is 3. The van der Waals surface area contributed by atoms with Crippen LogP contribution in [0.25, 0.3) is 0 Å². The highest BCUT2D eigenvalue weighted by atomic mass is 79.9. The van der Waals surface area contributed by atoms with Crippen LogP contribution in [0.2, 0.25) is 0 Å². The van der Waals surface area contributed by atoms with Gasteiger partial charge in [0.1, 0.15) is 5.82 Å². The van der Waals surface area contributed by atoms with Crippen molar-refractivity contribution < 1.29 is 9.31 Å². The molecule has 0 aliphatic carbocycles. The van der Waals surface area contributed by atoms with Gasteiger partial charge in [-0.1, -0.05) is 0 Å². The molecule has 0 aliphatic heterocycles. The van der Waals surface area contributed by atoms with Crippen molar-refractivity contribution in [2.24, 2.45) is 0 Å². The van der Waals surface area contributed by atoms with Crippen molar-refractivity contribution in [2.45, 2.75) is 6.92 Å². The Morgan fingerprint density at radius 1 is 1.30 bits per heavy atom. The van der Waals surface area contributed by atoms with E-state index in [1.807, 2.05) is 0 Å². The SMILES string of the molecule is Cc1cc(F)c(Br)cc1Nc1ccc([N+](=O)[O-])cc1N. The van der Waals surface area contributed by atoms with Gasteiger partial charge in [-0.2, -0.15) is 0 Å². The Balaban J connectivity index is 2.35. The largest absolute Gasteiger partial charge is 0.397 e. The molecule has 0 aliphatic rings. The highest BCUT2D eigenvalue weighted by Gasteiger charge is 2.11. The highest BCUT2D eigenvalue weighted by molar-refractivity contribution is 9.10. The van der Waals surface area contributed by atoms with Gasteiger partial charge < -0.3 is 11.1 Å². The fourth-order valence-corrected chi connectivity index (χ4v) is 2.05. The molecule has 0 saturated carbocycles. The van der Waals surface area contributed by atoms with Gasteiger partial charge >= 0.3 is 0 Å². The maximum absolute atomic E-state index is 13.3. The van der Waals surface area contributed by atoms with Crippen LogP contribution in [0, 0.1) is 22.9 Å². The first-order valence-electron chi connectivity index (χ1n) is 5.65. The molecule has 0 unspecified atom stereocenters. The number of nitro groups is 1. The topological polar surface area (TPSA) is 81.2 Å². The molecule has 2 rings (SSSR count). The number of nitro benzene ring substituents is 1. The lowest BCUT2D eigenvalue weighted by molar-refractivity contribution is -0.384. The second-order valence-electron chi connectivity index (χ2n) is 4.23. The molecular formula is C13H11BrFN3O2. The van der Waals surface area contributed by atoms with Crippen LogP contribution in [0.15, 0.2) is 34.8 Å². The quantitative estimate of drug-likeness (QED) is 0.500. The Bertz CT molecular complexity index is 692. The first-order chi connectivity index (χ1) is 9.38. The maximum atomic E-state index is 13.3. The second-order valence-corrected chi connectivity index (χ2v) is 5.09. The summed E-state index contributed by atoms with van der Waals surface area (Å²) in [6.45, 7) is 1.75. The Labute approximate surface area is 122 Å². The summed E-state index contributed by atoms with van der Waals surface area (Å²) in [4.78, 5) is 10.1. The molecule has 0 saturated heterocycles. The molecule has 0 fully saturated rings. The van der Waals surface area contributed by atoms with Gasteiger partial charge in [0.05, 0.1) is 20.8 Å². The van der Waals surface area contributed by atoms with E-state index < -0.39 is 4.92 Å². The maximum Gasteiger partial charge on any atom is 0.271 e. The molecule has 0 bridgehead atoms. The van der Waals surface area contributed by atoms with Crippen LogP contribution in [0.5, 0.6) is 0 Å². The predicted molar refractivity (Wildman–Crippen MR) is 79.6 cm³/mol. The number of hydrogen-bond acceptors (Lipinski definition) is 4. The summed E-state index contributed by atoms with van der Waals surface area (Å²) < 4.78 is 13.7. The summed E-state index contributed by atoms with van der Waals surface area (Å²) in [5, 5.41) is 13.7. The monoisotopic (exact) mass is 339 g/mol. The van der Waals surface area contributed by atoms with Gasteiger partial charge in [0, 0.05) is 17.8 Å². The van der Waals surface area contributed by atoms with E-state index in [9.17, 15) is 14.5 Å². The Morgan fingerprint density at radius 2 is 2.00 bits per heavy atom. The Hall–Kier alpha value is -2.15. The van der Waals surface area contributed by atoms with Crippen molar-refractivity contribution in [3.63, 3.8) is 0 Å². The number of nitrogen functional groups attached to an aromatic ring is 1. The third-order valence-electron chi connectivity index (χ3n) is 2.78. The fraction of sp³-hybridized carbons (Fsp3) is 0.0769. The second kappa shape index (κ2) is 5.46. The van der Waals surface area contributed by atoms with E-state index in [0.29, 0.717) is 21.4 Å². The van der Waals surface area contributed by atoms with E-state index in [-0.39, 0.29) is 17.2 Å². The number of non-ortho nitro benzene ring substituents is 1.